The number of nitrogens with zero attached hydrogens (tertiary/aromatic N) is 1. The molecule has 0 radical (unpaired) electrons. The summed E-state index contributed by atoms with van der Waals surface area (Å²) in [5, 5.41) is 8.75. The second-order valence-corrected chi connectivity index (χ2v) is 5.92. The summed E-state index contributed by atoms with van der Waals surface area (Å²) in [6, 6.07) is -0.555. The highest BCUT2D eigenvalue weighted by Gasteiger charge is 2.27. The number of hydrogen-bond acceptors (Lipinski definition) is 4. The van der Waals surface area contributed by atoms with E-state index in [2.05, 4.69) is 4.72 Å². The van der Waals surface area contributed by atoms with Crippen molar-refractivity contribution in [3.8, 4) is 0 Å². The molecule has 18 heavy (non-hydrogen) atoms. The molecule has 8 heteroatoms. The van der Waals surface area contributed by atoms with Crippen molar-refractivity contribution < 1.29 is 23.1 Å². The van der Waals surface area contributed by atoms with Gasteiger partial charge in [-0.05, 0) is 6.42 Å². The number of carboxylic acid groups (broad SMARTS) is 1. The highest BCUT2D eigenvalue weighted by Crippen LogP contribution is 2.08. The van der Waals surface area contributed by atoms with Crippen LogP contribution in [0.4, 0.5) is 0 Å². The molecule has 0 spiro atoms. The number of carbonyl (C=O) groups is 1. The van der Waals surface area contributed by atoms with Crippen molar-refractivity contribution in [3.05, 3.63) is 0 Å². The molecule has 1 aliphatic rings. The number of hydrogen-bond donors (Lipinski definition) is 2. The smallest absolute Gasteiger partial charge is 0.304 e. The topological polar surface area (TPSA) is 95.9 Å². The summed E-state index contributed by atoms with van der Waals surface area (Å²) >= 11 is 0. The molecule has 0 amide bonds. The normalized spacial score (nSPS) is 19.6. The predicted octanol–water partition coefficient (Wildman–Crippen LogP) is -0.204. The molecule has 0 saturated carbocycles. The Labute approximate surface area is 107 Å². The summed E-state index contributed by atoms with van der Waals surface area (Å²) < 4.78 is 32.9. The predicted molar refractivity (Wildman–Crippen MR) is 65.4 cm³/mol. The van der Waals surface area contributed by atoms with Gasteiger partial charge >= 0.3 is 5.97 Å². The van der Waals surface area contributed by atoms with Crippen LogP contribution >= 0.6 is 0 Å². The Hall–Kier alpha value is -0.700. The van der Waals surface area contributed by atoms with Gasteiger partial charge in [-0.3, -0.25) is 4.79 Å². The van der Waals surface area contributed by atoms with Gasteiger partial charge in [0.25, 0.3) is 10.2 Å². The van der Waals surface area contributed by atoms with Crippen molar-refractivity contribution in [2.75, 3.05) is 26.3 Å². The molecule has 2 N–H and O–H groups in total. The van der Waals surface area contributed by atoms with Crippen LogP contribution in [0.1, 0.15) is 26.2 Å². The van der Waals surface area contributed by atoms with Gasteiger partial charge in [0, 0.05) is 19.1 Å². The average Bonchev–Trinajstić information content (AvgIpc) is 2.29. The van der Waals surface area contributed by atoms with Crippen molar-refractivity contribution in [2.45, 2.75) is 32.2 Å². The van der Waals surface area contributed by atoms with Crippen molar-refractivity contribution in [1.82, 2.24) is 9.03 Å². The Bertz CT molecular complexity index is 364. The monoisotopic (exact) mass is 280 g/mol. The fraction of sp³-hybridized carbons (Fsp3) is 0.900. The maximum Gasteiger partial charge on any atom is 0.304 e. The maximum atomic E-state index is 12.0. The first-order valence-electron chi connectivity index (χ1n) is 6.02. The van der Waals surface area contributed by atoms with Gasteiger partial charge in [-0.2, -0.15) is 17.4 Å². The first-order chi connectivity index (χ1) is 8.45. The van der Waals surface area contributed by atoms with E-state index in [0.29, 0.717) is 32.7 Å². The van der Waals surface area contributed by atoms with Crippen LogP contribution in [0.2, 0.25) is 0 Å². The van der Waals surface area contributed by atoms with E-state index in [1.165, 1.54) is 4.31 Å². The third-order valence-corrected chi connectivity index (χ3v) is 4.36. The molecule has 1 rings (SSSR count). The van der Waals surface area contributed by atoms with E-state index in [4.69, 9.17) is 9.84 Å². The largest absolute Gasteiger partial charge is 0.481 e. The Morgan fingerprint density at radius 1 is 1.44 bits per heavy atom. The molecule has 1 atom stereocenters. The molecule has 1 fully saturated rings. The summed E-state index contributed by atoms with van der Waals surface area (Å²) in [5.41, 5.74) is 0. The van der Waals surface area contributed by atoms with Gasteiger partial charge in [0.15, 0.2) is 0 Å². The van der Waals surface area contributed by atoms with Crippen LogP contribution in [-0.4, -0.2) is 56.1 Å². The minimum absolute atomic E-state index is 0.197. The van der Waals surface area contributed by atoms with Gasteiger partial charge in [-0.15, -0.1) is 0 Å². The molecular formula is C10H20N2O5S. The fourth-order valence-electron chi connectivity index (χ4n) is 1.83. The van der Waals surface area contributed by atoms with Gasteiger partial charge in [0.2, 0.25) is 0 Å². The Morgan fingerprint density at radius 3 is 2.56 bits per heavy atom. The fourth-order valence-corrected chi connectivity index (χ4v) is 3.24. The Kier molecular flexibility index (Phi) is 6.00. The van der Waals surface area contributed by atoms with Gasteiger partial charge in [0.1, 0.15) is 0 Å². The molecule has 1 unspecified atom stereocenters. The Balaban J connectivity index is 2.62. The quantitative estimate of drug-likeness (QED) is 0.673. The number of aliphatic carboxylic acids is 1. The second-order valence-electron chi connectivity index (χ2n) is 4.22. The molecule has 1 saturated heterocycles. The van der Waals surface area contributed by atoms with Crippen molar-refractivity contribution in [3.63, 3.8) is 0 Å². The van der Waals surface area contributed by atoms with Crippen LogP contribution in [0.25, 0.3) is 0 Å². The minimum atomic E-state index is -3.61. The SMILES string of the molecule is CCCC(CC(=O)O)NS(=O)(=O)N1CCOCC1. The van der Waals surface area contributed by atoms with Crippen molar-refractivity contribution in [1.29, 1.82) is 0 Å². The van der Waals surface area contributed by atoms with Crippen LogP contribution in [0.5, 0.6) is 0 Å². The zero-order valence-electron chi connectivity index (χ0n) is 10.5. The highest BCUT2D eigenvalue weighted by atomic mass is 32.2. The molecule has 0 aromatic heterocycles. The maximum absolute atomic E-state index is 12.0. The van der Waals surface area contributed by atoms with Crippen molar-refractivity contribution >= 4 is 16.2 Å². The average molecular weight is 280 g/mol. The standard InChI is InChI=1S/C10H20N2O5S/c1-2-3-9(8-10(13)14)11-18(15,16)12-4-6-17-7-5-12/h9,11H,2-8H2,1H3,(H,13,14). The zero-order valence-corrected chi connectivity index (χ0v) is 11.3. The lowest BCUT2D eigenvalue weighted by molar-refractivity contribution is -0.137. The lowest BCUT2D eigenvalue weighted by Crippen LogP contribution is -2.49. The summed E-state index contributed by atoms with van der Waals surface area (Å²) in [7, 11) is -3.61. The van der Waals surface area contributed by atoms with Crippen LogP contribution in [0.15, 0.2) is 0 Å². The van der Waals surface area contributed by atoms with Gasteiger partial charge in [-0.1, -0.05) is 13.3 Å². The third-order valence-electron chi connectivity index (χ3n) is 2.68. The third kappa shape index (κ3) is 4.89. The van der Waals surface area contributed by atoms with Crippen LogP contribution < -0.4 is 4.72 Å². The number of ether oxygens (including phenoxy) is 1. The highest BCUT2D eigenvalue weighted by molar-refractivity contribution is 7.87. The van der Waals surface area contributed by atoms with Crippen LogP contribution in [0.3, 0.4) is 0 Å². The number of rotatable bonds is 7. The molecule has 0 bridgehead atoms. The summed E-state index contributed by atoms with van der Waals surface area (Å²) in [5.74, 6) is -1.00. The summed E-state index contributed by atoms with van der Waals surface area (Å²) in [6.07, 6.45) is 1.04. The lowest BCUT2D eigenvalue weighted by Gasteiger charge is -2.28. The van der Waals surface area contributed by atoms with E-state index >= 15 is 0 Å². The van der Waals surface area contributed by atoms with Crippen molar-refractivity contribution in [2.24, 2.45) is 0 Å². The van der Waals surface area contributed by atoms with E-state index in [9.17, 15) is 13.2 Å². The van der Waals surface area contributed by atoms with E-state index in [0.717, 1.165) is 6.42 Å². The number of morpholine rings is 1. The molecule has 1 heterocycles. The zero-order chi connectivity index (χ0) is 13.6. The van der Waals surface area contributed by atoms with E-state index in [1.54, 1.807) is 0 Å². The van der Waals surface area contributed by atoms with E-state index in [-0.39, 0.29) is 6.42 Å². The minimum Gasteiger partial charge on any atom is -0.481 e. The lowest BCUT2D eigenvalue weighted by atomic mass is 10.1. The molecule has 106 valence electrons. The second kappa shape index (κ2) is 7.03. The number of nitrogens with one attached hydrogen (secondary N) is 1. The van der Waals surface area contributed by atoms with Gasteiger partial charge in [-0.25, -0.2) is 0 Å². The molecule has 0 aromatic rings. The first-order valence-corrected chi connectivity index (χ1v) is 7.46. The Morgan fingerprint density at radius 2 is 2.06 bits per heavy atom. The molecular weight excluding hydrogens is 260 g/mol. The number of carboxylic acids is 1. The van der Waals surface area contributed by atoms with E-state index in [1.807, 2.05) is 6.92 Å². The van der Waals surface area contributed by atoms with Crippen LogP contribution in [-0.2, 0) is 19.7 Å². The first kappa shape index (κ1) is 15.4. The van der Waals surface area contributed by atoms with Gasteiger partial charge in [0.05, 0.1) is 19.6 Å². The van der Waals surface area contributed by atoms with Crippen LogP contribution in [0, 0.1) is 0 Å². The molecule has 0 aromatic carbocycles. The molecule has 1 aliphatic heterocycles. The summed E-state index contributed by atoms with van der Waals surface area (Å²) in [4.78, 5) is 10.7. The summed E-state index contributed by atoms with van der Waals surface area (Å²) in [6.45, 7) is 3.25. The van der Waals surface area contributed by atoms with E-state index < -0.39 is 22.2 Å². The molecule has 7 nitrogen and oxygen atoms in total. The van der Waals surface area contributed by atoms with Gasteiger partial charge < -0.3 is 9.84 Å². The molecule has 0 aliphatic carbocycles.